The number of amides is 1. The van der Waals surface area contributed by atoms with Crippen LogP contribution in [0, 0.1) is 0 Å². The van der Waals surface area contributed by atoms with Crippen LogP contribution >= 0.6 is 0 Å². The van der Waals surface area contributed by atoms with E-state index in [-0.39, 0.29) is 18.2 Å². The second-order valence-electron chi connectivity index (χ2n) is 7.49. The molecule has 1 aromatic heterocycles. The quantitative estimate of drug-likeness (QED) is 0.789. The highest BCUT2D eigenvalue weighted by Gasteiger charge is 2.32. The van der Waals surface area contributed by atoms with Crippen molar-refractivity contribution in [3.05, 3.63) is 60.3 Å². The molecule has 8 nitrogen and oxygen atoms in total. The minimum Gasteiger partial charge on any atom is -0.459 e. The molecule has 2 aromatic rings. The lowest BCUT2D eigenvalue weighted by molar-refractivity contribution is 0.100. The summed E-state index contributed by atoms with van der Waals surface area (Å²) in [7, 11) is 0. The van der Waals surface area contributed by atoms with Gasteiger partial charge in [0.25, 0.3) is 0 Å². The molecule has 1 aliphatic carbocycles. The average molecular weight is 402 g/mol. The van der Waals surface area contributed by atoms with Crippen molar-refractivity contribution in [3.63, 3.8) is 0 Å². The molecule has 3 unspecified atom stereocenters. The lowest BCUT2D eigenvalue weighted by Gasteiger charge is -2.27. The summed E-state index contributed by atoms with van der Waals surface area (Å²) in [5.41, 5.74) is 7.55. The Morgan fingerprint density at radius 1 is 1.20 bits per heavy atom. The van der Waals surface area contributed by atoms with Crippen molar-refractivity contribution in [2.45, 2.75) is 24.6 Å². The summed E-state index contributed by atoms with van der Waals surface area (Å²) in [6.45, 7) is 1.72. The van der Waals surface area contributed by atoms with E-state index < -0.39 is 5.91 Å². The van der Waals surface area contributed by atoms with Gasteiger partial charge < -0.3 is 20.7 Å². The van der Waals surface area contributed by atoms with E-state index in [1.165, 1.54) is 0 Å². The highest BCUT2D eigenvalue weighted by Crippen LogP contribution is 2.34. The van der Waals surface area contributed by atoms with Crippen LogP contribution in [-0.2, 0) is 0 Å². The van der Waals surface area contributed by atoms with Crippen molar-refractivity contribution in [3.8, 4) is 17.1 Å². The average Bonchev–Trinajstić information content (AvgIpc) is 3.43. The first-order chi connectivity index (χ1) is 14.7. The first-order valence-corrected chi connectivity index (χ1v) is 10.0. The van der Waals surface area contributed by atoms with E-state index in [1.807, 2.05) is 35.5 Å². The van der Waals surface area contributed by atoms with E-state index in [9.17, 15) is 4.79 Å². The molecule has 0 saturated carbocycles. The van der Waals surface area contributed by atoms with Crippen LogP contribution in [-0.4, -0.2) is 53.5 Å². The van der Waals surface area contributed by atoms with Gasteiger partial charge in [0, 0.05) is 23.9 Å². The fourth-order valence-corrected chi connectivity index (χ4v) is 3.91. The third-order valence-corrected chi connectivity index (χ3v) is 5.52. The molecular formula is C22H22N6O2. The Morgan fingerprint density at radius 2 is 2.03 bits per heavy atom. The summed E-state index contributed by atoms with van der Waals surface area (Å²) in [5.74, 6) is 0.259. The van der Waals surface area contributed by atoms with Gasteiger partial charge in [0.1, 0.15) is 11.9 Å². The number of aliphatic imine (C=N–C) groups is 1. The van der Waals surface area contributed by atoms with Crippen molar-refractivity contribution < 1.29 is 9.53 Å². The van der Waals surface area contributed by atoms with E-state index >= 15 is 0 Å². The number of benzene rings is 1. The van der Waals surface area contributed by atoms with Crippen LogP contribution in [0.25, 0.3) is 11.1 Å². The van der Waals surface area contributed by atoms with Gasteiger partial charge in [0.05, 0.1) is 18.4 Å². The number of hydrogen-bond acceptors (Lipinski definition) is 7. The third-order valence-electron chi connectivity index (χ3n) is 5.52. The molecule has 3 atom stereocenters. The summed E-state index contributed by atoms with van der Waals surface area (Å²) in [6, 6.07) is 7.58. The van der Waals surface area contributed by atoms with Crippen LogP contribution in [0.1, 0.15) is 16.8 Å². The molecule has 0 bridgehead atoms. The van der Waals surface area contributed by atoms with Crippen LogP contribution < -0.4 is 20.7 Å². The molecule has 0 radical (unpaired) electrons. The van der Waals surface area contributed by atoms with E-state index in [2.05, 4.69) is 27.4 Å². The van der Waals surface area contributed by atoms with Crippen molar-refractivity contribution in [2.24, 2.45) is 10.7 Å². The Morgan fingerprint density at radius 3 is 2.80 bits per heavy atom. The minimum atomic E-state index is -0.458. The molecule has 1 fully saturated rings. The molecule has 3 aliphatic rings. The molecule has 1 amide bonds. The predicted octanol–water partition coefficient (Wildman–Crippen LogP) is 1.69. The predicted molar refractivity (Wildman–Crippen MR) is 115 cm³/mol. The number of nitrogens with zero attached hydrogens (tertiary/aromatic N) is 4. The van der Waals surface area contributed by atoms with Gasteiger partial charge >= 0.3 is 6.01 Å². The van der Waals surface area contributed by atoms with Gasteiger partial charge in [0.15, 0.2) is 0 Å². The Balaban J connectivity index is 1.53. The third kappa shape index (κ3) is 3.46. The lowest BCUT2D eigenvalue weighted by atomic mass is 10.0. The van der Waals surface area contributed by atoms with Crippen LogP contribution in [0.5, 0.6) is 6.01 Å². The largest absolute Gasteiger partial charge is 0.459 e. The number of nitrogens with one attached hydrogen (secondary N) is 1. The molecule has 30 heavy (non-hydrogen) atoms. The van der Waals surface area contributed by atoms with E-state index in [1.54, 1.807) is 18.3 Å². The molecule has 8 heteroatoms. The van der Waals surface area contributed by atoms with Crippen molar-refractivity contribution >= 4 is 18.1 Å². The zero-order valence-electron chi connectivity index (χ0n) is 16.3. The lowest BCUT2D eigenvalue weighted by Crippen LogP contribution is -2.36. The number of rotatable bonds is 5. The smallest absolute Gasteiger partial charge is 0.318 e. The maximum absolute atomic E-state index is 11.4. The van der Waals surface area contributed by atoms with E-state index in [4.69, 9.17) is 15.5 Å². The van der Waals surface area contributed by atoms with E-state index in [0.717, 1.165) is 30.6 Å². The Kier molecular flexibility index (Phi) is 4.76. The fourth-order valence-electron chi connectivity index (χ4n) is 3.91. The second kappa shape index (κ2) is 7.72. The van der Waals surface area contributed by atoms with Crippen molar-refractivity contribution in [1.82, 2.24) is 15.3 Å². The number of anilines is 1. The highest BCUT2D eigenvalue weighted by molar-refractivity contribution is 5.94. The normalized spacial score (nSPS) is 24.3. The number of ether oxygens (including phenoxy) is 1. The Bertz CT molecular complexity index is 1040. The van der Waals surface area contributed by atoms with Gasteiger partial charge in [-0.3, -0.25) is 9.79 Å². The van der Waals surface area contributed by atoms with E-state index in [0.29, 0.717) is 17.4 Å². The molecule has 5 rings (SSSR count). The summed E-state index contributed by atoms with van der Waals surface area (Å²) in [5, 5.41) is 3.28. The fraction of sp³-hybridized carbons (Fsp3) is 0.273. The molecule has 2 aliphatic heterocycles. The molecule has 3 N–H and O–H groups in total. The summed E-state index contributed by atoms with van der Waals surface area (Å²) >= 11 is 0. The monoisotopic (exact) mass is 402 g/mol. The highest BCUT2D eigenvalue weighted by atomic mass is 16.5. The molecule has 0 spiro atoms. The number of primary amides is 1. The van der Waals surface area contributed by atoms with Gasteiger partial charge in [0.2, 0.25) is 5.91 Å². The number of carbonyl (C=O) groups excluding carboxylic acids is 1. The van der Waals surface area contributed by atoms with Gasteiger partial charge in [-0.05, 0) is 30.7 Å². The number of hydrogen-bond donors (Lipinski definition) is 2. The van der Waals surface area contributed by atoms with Crippen LogP contribution in [0.15, 0.2) is 59.8 Å². The molecule has 152 valence electrons. The first kappa shape index (κ1) is 18.5. The maximum atomic E-state index is 11.4. The minimum absolute atomic E-state index is 0.0505. The molecule has 1 aromatic carbocycles. The SMILES string of the molecule is NC(=O)c1ccc(-c2cnc(OC3CCNC3)nc2N2C=NC3C=CC=CC32)cc1. The van der Waals surface area contributed by atoms with Gasteiger partial charge in [-0.25, -0.2) is 4.98 Å². The van der Waals surface area contributed by atoms with Crippen LogP contribution in [0.3, 0.4) is 0 Å². The Labute approximate surface area is 174 Å². The molecule has 3 heterocycles. The zero-order valence-corrected chi connectivity index (χ0v) is 16.3. The summed E-state index contributed by atoms with van der Waals surface area (Å²) < 4.78 is 6.00. The maximum Gasteiger partial charge on any atom is 0.318 e. The number of allylic oxidation sites excluding steroid dienone is 2. The summed E-state index contributed by atoms with van der Waals surface area (Å²) in [6.07, 6.45) is 12.8. The van der Waals surface area contributed by atoms with Crippen LogP contribution in [0.2, 0.25) is 0 Å². The second-order valence-corrected chi connectivity index (χ2v) is 7.49. The Hall–Kier alpha value is -3.52. The van der Waals surface area contributed by atoms with Gasteiger partial charge in [-0.2, -0.15) is 4.98 Å². The topological polar surface area (TPSA) is 106 Å². The zero-order chi connectivity index (χ0) is 20.5. The van der Waals surface area contributed by atoms with Crippen molar-refractivity contribution in [2.75, 3.05) is 18.0 Å². The molecular weight excluding hydrogens is 380 g/mol. The van der Waals surface area contributed by atoms with Gasteiger partial charge in [-0.15, -0.1) is 0 Å². The number of nitrogens with two attached hydrogens (primary N) is 1. The summed E-state index contributed by atoms with van der Waals surface area (Å²) in [4.78, 5) is 27.3. The molecule has 1 saturated heterocycles. The standard InChI is InChI=1S/C22H22N6O2/c23-20(29)15-7-5-14(6-8-15)17-12-25-22(30-16-9-10-24-11-16)27-21(17)28-13-26-18-3-1-2-4-19(18)28/h1-8,12-13,16,18-19,24H,9-11H2,(H2,23,29). The number of fused-ring (bicyclic) bond motifs is 1. The van der Waals surface area contributed by atoms with Crippen molar-refractivity contribution in [1.29, 1.82) is 0 Å². The van der Waals surface area contributed by atoms with Gasteiger partial charge in [-0.1, -0.05) is 36.4 Å². The number of carbonyl (C=O) groups is 1. The first-order valence-electron chi connectivity index (χ1n) is 10.0. The van der Waals surface area contributed by atoms with Crippen LogP contribution in [0.4, 0.5) is 5.82 Å². The number of aromatic nitrogens is 2.